The topological polar surface area (TPSA) is 78.9 Å². The van der Waals surface area contributed by atoms with Crippen LogP contribution in [0, 0.1) is 0 Å². The van der Waals surface area contributed by atoms with Crippen LogP contribution in [0.25, 0.3) is 0 Å². The monoisotopic (exact) mass is 1050 g/mol. The lowest BCUT2D eigenvalue weighted by Gasteiger charge is -2.18. The molecule has 6 heteroatoms. The highest BCUT2D eigenvalue weighted by atomic mass is 16.6. The smallest absolute Gasteiger partial charge is 0.306 e. The zero-order chi connectivity index (χ0) is 55.0. The number of hydrogen-bond donors (Lipinski definition) is 0. The minimum absolute atomic E-state index is 0.0939. The molecule has 0 bridgehead atoms. The molecule has 0 N–H and O–H groups in total. The zero-order valence-electron chi connectivity index (χ0n) is 49.0. The summed E-state index contributed by atoms with van der Waals surface area (Å²) < 4.78 is 16.7. The summed E-state index contributed by atoms with van der Waals surface area (Å²) in [5, 5.41) is 0. The fourth-order valence-corrected chi connectivity index (χ4v) is 7.97. The molecule has 0 amide bonds. The van der Waals surface area contributed by atoms with Crippen LogP contribution in [0.2, 0.25) is 0 Å². The summed E-state index contributed by atoms with van der Waals surface area (Å²) >= 11 is 0. The first-order valence-corrected chi connectivity index (χ1v) is 30.8. The average molecular weight is 1050 g/mol. The third-order valence-electron chi connectivity index (χ3n) is 12.6. The van der Waals surface area contributed by atoms with E-state index in [0.717, 1.165) is 161 Å². The normalized spacial score (nSPS) is 13.1. The molecule has 0 aromatic heterocycles. The van der Waals surface area contributed by atoms with Crippen LogP contribution in [0.4, 0.5) is 0 Å². The highest BCUT2D eigenvalue weighted by molar-refractivity contribution is 5.71. The number of esters is 3. The fraction of sp³-hybridized carbons (Fsp3) is 0.614. The maximum Gasteiger partial charge on any atom is 0.306 e. The first-order chi connectivity index (χ1) is 37.5. The van der Waals surface area contributed by atoms with Crippen LogP contribution in [-0.4, -0.2) is 37.2 Å². The predicted molar refractivity (Wildman–Crippen MR) is 329 cm³/mol. The lowest BCUT2D eigenvalue weighted by atomic mass is 10.1. The molecule has 6 nitrogen and oxygen atoms in total. The van der Waals surface area contributed by atoms with Crippen molar-refractivity contribution < 1.29 is 28.6 Å². The van der Waals surface area contributed by atoms with Crippen molar-refractivity contribution in [3.63, 3.8) is 0 Å². The van der Waals surface area contributed by atoms with Crippen molar-refractivity contribution in [1.82, 2.24) is 0 Å². The molecule has 0 aliphatic heterocycles. The van der Waals surface area contributed by atoms with Crippen molar-refractivity contribution in [3.8, 4) is 0 Å². The molecular weight excluding hydrogens is 937 g/mol. The van der Waals surface area contributed by atoms with Gasteiger partial charge in [-0.05, 0) is 128 Å². The van der Waals surface area contributed by atoms with Gasteiger partial charge in [0.15, 0.2) is 6.10 Å². The Labute approximate surface area is 467 Å². The van der Waals surface area contributed by atoms with Gasteiger partial charge in [0.05, 0.1) is 0 Å². The van der Waals surface area contributed by atoms with Gasteiger partial charge in [0.2, 0.25) is 0 Å². The van der Waals surface area contributed by atoms with Crippen LogP contribution < -0.4 is 0 Å². The van der Waals surface area contributed by atoms with Crippen molar-refractivity contribution in [1.29, 1.82) is 0 Å². The van der Waals surface area contributed by atoms with Crippen molar-refractivity contribution in [2.45, 2.75) is 264 Å². The number of hydrogen-bond acceptors (Lipinski definition) is 6. The molecule has 0 saturated heterocycles. The fourth-order valence-electron chi connectivity index (χ4n) is 7.97. The summed E-state index contributed by atoms with van der Waals surface area (Å²) in [4.78, 5) is 37.9. The Morgan fingerprint density at radius 3 is 0.829 bits per heavy atom. The number of carbonyl (C=O) groups is 3. The number of rotatable bonds is 54. The second-order valence-electron chi connectivity index (χ2n) is 19.9. The molecule has 0 aliphatic rings. The van der Waals surface area contributed by atoms with E-state index >= 15 is 0 Å². The molecule has 0 aromatic rings. The maximum atomic E-state index is 12.8. The summed E-state index contributed by atoms with van der Waals surface area (Å²) in [6.45, 7) is 6.40. The van der Waals surface area contributed by atoms with E-state index in [9.17, 15) is 14.4 Å². The van der Waals surface area contributed by atoms with Crippen LogP contribution in [-0.2, 0) is 28.6 Å². The maximum absolute atomic E-state index is 12.8. The van der Waals surface area contributed by atoms with E-state index in [4.69, 9.17) is 14.2 Å². The highest BCUT2D eigenvalue weighted by Crippen LogP contribution is 2.13. The van der Waals surface area contributed by atoms with Crippen molar-refractivity contribution in [3.05, 3.63) is 146 Å². The van der Waals surface area contributed by atoms with E-state index in [1.165, 1.54) is 57.8 Å². The molecule has 76 heavy (non-hydrogen) atoms. The molecule has 0 heterocycles. The molecule has 0 spiro atoms. The van der Waals surface area contributed by atoms with E-state index < -0.39 is 6.10 Å². The number of carbonyl (C=O) groups excluding carboxylic acids is 3. The molecule has 0 saturated carbocycles. The molecule has 0 aliphatic carbocycles. The molecule has 1 unspecified atom stereocenters. The summed E-state index contributed by atoms with van der Waals surface area (Å²) in [5.41, 5.74) is 0. The summed E-state index contributed by atoms with van der Waals surface area (Å²) in [6.07, 6.45) is 90.2. The summed E-state index contributed by atoms with van der Waals surface area (Å²) in [5.74, 6) is -0.941. The quantitative estimate of drug-likeness (QED) is 0.0261. The van der Waals surface area contributed by atoms with Gasteiger partial charge in [-0.1, -0.05) is 256 Å². The highest BCUT2D eigenvalue weighted by Gasteiger charge is 2.19. The first-order valence-electron chi connectivity index (χ1n) is 30.8. The number of allylic oxidation sites excluding steroid dienone is 24. The Bertz CT molecular complexity index is 1680. The van der Waals surface area contributed by atoms with Crippen LogP contribution in [0.15, 0.2) is 146 Å². The van der Waals surface area contributed by atoms with E-state index in [1.807, 2.05) is 0 Å². The van der Waals surface area contributed by atoms with E-state index in [2.05, 4.69) is 167 Å². The molecule has 0 fully saturated rings. The van der Waals surface area contributed by atoms with Gasteiger partial charge in [0.25, 0.3) is 0 Å². The predicted octanol–water partition coefficient (Wildman–Crippen LogP) is 21.2. The third kappa shape index (κ3) is 60.2. The van der Waals surface area contributed by atoms with Gasteiger partial charge in [0, 0.05) is 19.3 Å². The van der Waals surface area contributed by atoms with Gasteiger partial charge in [0.1, 0.15) is 13.2 Å². The Morgan fingerprint density at radius 1 is 0.276 bits per heavy atom. The second kappa shape index (κ2) is 62.8. The standard InChI is InChI=1S/C70H112O6/c1-4-7-10-13-16-18-20-22-24-26-28-29-30-31-32-33-34-35-36-37-38-39-40-41-43-44-46-48-50-52-54-57-60-63-69(72)75-66-67(65-74-68(71)62-59-56-15-12-9-6-3)76-70(73)64-61-58-55-53-51-49-47-45-42-27-25-23-21-19-17-14-11-8-5-2/h7,10,16-19,22-25,28-29,31-32,34-35,37-38,40-42,44-46,67H,4-6,8-9,11-15,20-21,26-27,30,33,36,39,43,47-66H2,1-3H3/b10-7-,18-16-,19-17-,24-22-,25-23-,29-28-,32-31-,35-34-,38-37-,41-40-,45-42-,46-44-. The summed E-state index contributed by atoms with van der Waals surface area (Å²) in [6, 6.07) is 0. The van der Waals surface area contributed by atoms with Crippen LogP contribution >= 0.6 is 0 Å². The van der Waals surface area contributed by atoms with Gasteiger partial charge in [-0.25, -0.2) is 0 Å². The van der Waals surface area contributed by atoms with E-state index in [-0.39, 0.29) is 31.1 Å². The van der Waals surface area contributed by atoms with Crippen molar-refractivity contribution >= 4 is 17.9 Å². The van der Waals surface area contributed by atoms with Crippen molar-refractivity contribution in [2.24, 2.45) is 0 Å². The lowest BCUT2D eigenvalue weighted by molar-refractivity contribution is -0.167. The molecule has 0 radical (unpaired) electrons. The third-order valence-corrected chi connectivity index (χ3v) is 12.6. The van der Waals surface area contributed by atoms with Gasteiger partial charge >= 0.3 is 17.9 Å². The molecule has 0 rings (SSSR count). The number of ether oxygens (including phenoxy) is 3. The van der Waals surface area contributed by atoms with Crippen molar-refractivity contribution in [2.75, 3.05) is 13.2 Å². The molecule has 428 valence electrons. The van der Waals surface area contributed by atoms with Crippen LogP contribution in [0.1, 0.15) is 258 Å². The first kappa shape index (κ1) is 71.3. The Morgan fingerprint density at radius 2 is 0.513 bits per heavy atom. The summed E-state index contributed by atoms with van der Waals surface area (Å²) in [7, 11) is 0. The van der Waals surface area contributed by atoms with Crippen LogP contribution in [0.5, 0.6) is 0 Å². The molecule has 1 atom stereocenters. The minimum atomic E-state index is -0.796. The second-order valence-corrected chi connectivity index (χ2v) is 19.9. The van der Waals surface area contributed by atoms with Gasteiger partial charge in [-0.15, -0.1) is 0 Å². The molecule has 0 aromatic carbocycles. The van der Waals surface area contributed by atoms with Gasteiger partial charge in [-0.3, -0.25) is 14.4 Å². The Balaban J connectivity index is 4.20. The Hall–Kier alpha value is -4.71. The van der Waals surface area contributed by atoms with Gasteiger partial charge < -0.3 is 14.2 Å². The minimum Gasteiger partial charge on any atom is -0.462 e. The largest absolute Gasteiger partial charge is 0.462 e. The average Bonchev–Trinajstić information content (AvgIpc) is 3.42. The molecular formula is C70H112O6. The van der Waals surface area contributed by atoms with Gasteiger partial charge in [-0.2, -0.15) is 0 Å². The Kier molecular flexibility index (Phi) is 58.9. The number of unbranched alkanes of at least 4 members (excludes halogenated alkanes) is 19. The van der Waals surface area contributed by atoms with E-state index in [0.29, 0.717) is 19.3 Å². The van der Waals surface area contributed by atoms with Crippen LogP contribution in [0.3, 0.4) is 0 Å². The lowest BCUT2D eigenvalue weighted by Crippen LogP contribution is -2.30. The van der Waals surface area contributed by atoms with E-state index in [1.54, 1.807) is 0 Å². The zero-order valence-corrected chi connectivity index (χ0v) is 49.0. The SMILES string of the molecule is CC/C=C\C/C=C\C/C=C\C/C=C\C/C=C\C/C=C\C/C=C\C/C=C\C/C=C\CCCCCCCC(=O)OCC(COC(=O)CCCCCCCC)OC(=O)CCCCCCCC/C=C\C/C=C\C/C=C\CCCCC.